The van der Waals surface area contributed by atoms with Gasteiger partial charge in [-0.3, -0.25) is 4.79 Å². The van der Waals surface area contributed by atoms with E-state index in [1.165, 1.54) is 18.1 Å². The van der Waals surface area contributed by atoms with E-state index in [2.05, 4.69) is 0 Å². The van der Waals surface area contributed by atoms with Gasteiger partial charge in [0.2, 0.25) is 0 Å². The number of methoxy groups -OCH3 is 1. The van der Waals surface area contributed by atoms with E-state index in [-0.39, 0.29) is 12.1 Å². The van der Waals surface area contributed by atoms with Gasteiger partial charge in [-0.05, 0) is 36.1 Å². The van der Waals surface area contributed by atoms with Crippen LogP contribution in [0.15, 0.2) is 18.2 Å². The predicted octanol–water partition coefficient (Wildman–Crippen LogP) is 2.25. The summed E-state index contributed by atoms with van der Waals surface area (Å²) in [4.78, 5) is 10.8. The molecular formula is C12H14O3. The van der Waals surface area contributed by atoms with Crippen molar-refractivity contribution in [3.8, 4) is 5.75 Å². The third-order valence-corrected chi connectivity index (χ3v) is 2.68. The maximum Gasteiger partial charge on any atom is 0.308 e. The van der Waals surface area contributed by atoms with Crippen LogP contribution in [0.4, 0.5) is 0 Å². The molecule has 0 aromatic heterocycles. The van der Waals surface area contributed by atoms with Crippen LogP contribution >= 0.6 is 0 Å². The van der Waals surface area contributed by atoms with E-state index in [0.717, 1.165) is 12.8 Å². The molecule has 1 atom stereocenters. The van der Waals surface area contributed by atoms with Crippen molar-refractivity contribution < 1.29 is 14.3 Å². The van der Waals surface area contributed by atoms with Gasteiger partial charge in [-0.1, -0.05) is 6.07 Å². The Kier molecular flexibility index (Phi) is 2.73. The van der Waals surface area contributed by atoms with Crippen molar-refractivity contribution in [2.75, 3.05) is 7.11 Å². The Morgan fingerprint density at radius 3 is 2.93 bits per heavy atom. The SMILES string of the molecule is COC1CCc2cc(OC(C)=O)ccc21. The molecule has 1 aliphatic rings. The normalized spacial score (nSPS) is 18.7. The van der Waals surface area contributed by atoms with Gasteiger partial charge in [0.05, 0.1) is 6.10 Å². The van der Waals surface area contributed by atoms with Crippen molar-refractivity contribution in [1.82, 2.24) is 0 Å². The second-order valence-electron chi connectivity index (χ2n) is 3.72. The average molecular weight is 206 g/mol. The van der Waals surface area contributed by atoms with E-state index < -0.39 is 0 Å². The van der Waals surface area contributed by atoms with Gasteiger partial charge in [0.1, 0.15) is 5.75 Å². The quantitative estimate of drug-likeness (QED) is 0.550. The van der Waals surface area contributed by atoms with E-state index in [4.69, 9.17) is 9.47 Å². The predicted molar refractivity (Wildman–Crippen MR) is 55.8 cm³/mol. The monoisotopic (exact) mass is 206 g/mol. The Morgan fingerprint density at radius 2 is 2.27 bits per heavy atom. The molecule has 1 unspecified atom stereocenters. The first-order chi connectivity index (χ1) is 7.20. The molecule has 0 N–H and O–H groups in total. The number of rotatable bonds is 2. The standard InChI is InChI=1S/C12H14O3/c1-8(13)15-10-4-5-11-9(7-10)3-6-12(11)14-2/h4-5,7,12H,3,6H2,1-2H3. The maximum absolute atomic E-state index is 10.8. The number of fused-ring (bicyclic) bond motifs is 1. The number of aryl methyl sites for hydroxylation is 1. The molecule has 1 aliphatic carbocycles. The average Bonchev–Trinajstić information content (AvgIpc) is 2.58. The van der Waals surface area contributed by atoms with E-state index in [9.17, 15) is 4.79 Å². The zero-order valence-electron chi connectivity index (χ0n) is 8.95. The molecule has 0 fully saturated rings. The molecule has 0 aliphatic heterocycles. The van der Waals surface area contributed by atoms with Crippen molar-refractivity contribution in [2.45, 2.75) is 25.9 Å². The summed E-state index contributed by atoms with van der Waals surface area (Å²) >= 11 is 0. The third-order valence-electron chi connectivity index (χ3n) is 2.68. The van der Waals surface area contributed by atoms with Gasteiger partial charge in [-0.2, -0.15) is 0 Å². The molecule has 0 amide bonds. The second kappa shape index (κ2) is 4.03. The van der Waals surface area contributed by atoms with Gasteiger partial charge >= 0.3 is 5.97 Å². The maximum atomic E-state index is 10.8. The van der Waals surface area contributed by atoms with Gasteiger partial charge in [0.15, 0.2) is 0 Å². The lowest BCUT2D eigenvalue weighted by Crippen LogP contribution is -2.02. The Bertz CT molecular complexity index is 384. The summed E-state index contributed by atoms with van der Waals surface area (Å²) in [6.45, 7) is 1.41. The lowest BCUT2D eigenvalue weighted by molar-refractivity contribution is -0.131. The highest BCUT2D eigenvalue weighted by molar-refractivity contribution is 5.69. The molecular weight excluding hydrogens is 192 g/mol. The highest BCUT2D eigenvalue weighted by Gasteiger charge is 2.22. The lowest BCUT2D eigenvalue weighted by atomic mass is 10.1. The second-order valence-corrected chi connectivity index (χ2v) is 3.72. The van der Waals surface area contributed by atoms with Crippen LogP contribution in [0.2, 0.25) is 0 Å². The molecule has 3 nitrogen and oxygen atoms in total. The molecule has 0 heterocycles. The van der Waals surface area contributed by atoms with Crippen molar-refractivity contribution in [3.63, 3.8) is 0 Å². The number of hydrogen-bond donors (Lipinski definition) is 0. The van der Waals surface area contributed by atoms with Crippen LogP contribution in [0.5, 0.6) is 5.75 Å². The van der Waals surface area contributed by atoms with E-state index in [1.54, 1.807) is 7.11 Å². The molecule has 0 spiro atoms. The fraction of sp³-hybridized carbons (Fsp3) is 0.417. The fourth-order valence-electron chi connectivity index (χ4n) is 2.03. The van der Waals surface area contributed by atoms with Gasteiger partial charge in [-0.25, -0.2) is 0 Å². The Balaban J connectivity index is 2.25. The minimum atomic E-state index is -0.281. The molecule has 15 heavy (non-hydrogen) atoms. The first kappa shape index (κ1) is 10.2. The topological polar surface area (TPSA) is 35.5 Å². The first-order valence-electron chi connectivity index (χ1n) is 5.04. The Hall–Kier alpha value is -1.35. The zero-order chi connectivity index (χ0) is 10.8. The number of esters is 1. The van der Waals surface area contributed by atoms with E-state index in [0.29, 0.717) is 5.75 Å². The van der Waals surface area contributed by atoms with Crippen LogP contribution in [0.3, 0.4) is 0 Å². The van der Waals surface area contributed by atoms with Crippen LogP contribution in [0.25, 0.3) is 0 Å². The molecule has 80 valence electrons. The number of ether oxygens (including phenoxy) is 2. The van der Waals surface area contributed by atoms with Crippen LogP contribution in [-0.2, 0) is 16.0 Å². The summed E-state index contributed by atoms with van der Waals surface area (Å²) in [6.07, 6.45) is 2.20. The first-order valence-corrected chi connectivity index (χ1v) is 5.04. The number of carbonyl (C=O) groups is 1. The van der Waals surface area contributed by atoms with Gasteiger partial charge in [0, 0.05) is 14.0 Å². The fourth-order valence-corrected chi connectivity index (χ4v) is 2.03. The molecule has 2 rings (SSSR count). The molecule has 3 heteroatoms. The smallest absolute Gasteiger partial charge is 0.308 e. The van der Waals surface area contributed by atoms with Crippen LogP contribution in [-0.4, -0.2) is 13.1 Å². The van der Waals surface area contributed by atoms with E-state index >= 15 is 0 Å². The summed E-state index contributed by atoms with van der Waals surface area (Å²) in [5.41, 5.74) is 2.44. The molecule has 1 aromatic rings. The molecule has 0 saturated heterocycles. The number of benzene rings is 1. The van der Waals surface area contributed by atoms with Gasteiger partial charge in [0.25, 0.3) is 0 Å². The summed E-state index contributed by atoms with van der Waals surface area (Å²) in [7, 11) is 1.72. The zero-order valence-corrected chi connectivity index (χ0v) is 8.95. The third kappa shape index (κ3) is 2.02. The highest BCUT2D eigenvalue weighted by Crippen LogP contribution is 2.35. The molecule has 1 aromatic carbocycles. The molecule has 0 saturated carbocycles. The van der Waals surface area contributed by atoms with Gasteiger partial charge in [-0.15, -0.1) is 0 Å². The number of carbonyl (C=O) groups excluding carboxylic acids is 1. The molecule has 0 bridgehead atoms. The largest absolute Gasteiger partial charge is 0.427 e. The van der Waals surface area contributed by atoms with Crippen LogP contribution < -0.4 is 4.74 Å². The van der Waals surface area contributed by atoms with Crippen LogP contribution in [0.1, 0.15) is 30.6 Å². The number of hydrogen-bond acceptors (Lipinski definition) is 3. The highest BCUT2D eigenvalue weighted by atomic mass is 16.5. The summed E-state index contributed by atoms with van der Waals surface area (Å²) in [5, 5.41) is 0. The van der Waals surface area contributed by atoms with E-state index in [1.807, 2.05) is 18.2 Å². The van der Waals surface area contributed by atoms with Crippen LogP contribution in [0, 0.1) is 0 Å². The minimum Gasteiger partial charge on any atom is -0.427 e. The minimum absolute atomic E-state index is 0.200. The van der Waals surface area contributed by atoms with Crippen molar-refractivity contribution in [1.29, 1.82) is 0 Å². The summed E-state index contributed by atoms with van der Waals surface area (Å²) < 4.78 is 10.4. The summed E-state index contributed by atoms with van der Waals surface area (Å²) in [5.74, 6) is 0.342. The van der Waals surface area contributed by atoms with Crippen molar-refractivity contribution in [2.24, 2.45) is 0 Å². The molecule has 0 radical (unpaired) electrons. The lowest BCUT2D eigenvalue weighted by Gasteiger charge is -2.09. The van der Waals surface area contributed by atoms with Crippen molar-refractivity contribution in [3.05, 3.63) is 29.3 Å². The van der Waals surface area contributed by atoms with Crippen molar-refractivity contribution >= 4 is 5.97 Å². The Morgan fingerprint density at radius 1 is 1.47 bits per heavy atom. The van der Waals surface area contributed by atoms with Gasteiger partial charge < -0.3 is 9.47 Å². The summed E-state index contributed by atoms with van der Waals surface area (Å²) in [6, 6.07) is 5.72. The Labute approximate surface area is 89.0 Å².